The third kappa shape index (κ3) is 2.94. The summed E-state index contributed by atoms with van der Waals surface area (Å²) in [6.07, 6.45) is -3.02. The van der Waals surface area contributed by atoms with Crippen molar-refractivity contribution in [1.29, 1.82) is 5.26 Å². The van der Waals surface area contributed by atoms with Gasteiger partial charge in [0.2, 0.25) is 0 Å². The van der Waals surface area contributed by atoms with E-state index in [1.54, 1.807) is 24.3 Å². The van der Waals surface area contributed by atoms with E-state index in [9.17, 15) is 18.4 Å². The molecule has 6 heteroatoms. The average Bonchev–Trinajstić information content (AvgIpc) is 2.55. The highest BCUT2D eigenvalue weighted by Gasteiger charge is 2.30. The van der Waals surface area contributed by atoms with Crippen molar-refractivity contribution in [2.75, 3.05) is 5.32 Å². The molecule has 2 aromatic carbocycles. The van der Waals surface area contributed by atoms with Crippen molar-refractivity contribution in [1.82, 2.24) is 4.98 Å². The third-order valence-corrected chi connectivity index (χ3v) is 3.36. The summed E-state index contributed by atoms with van der Waals surface area (Å²) in [5.74, 6) is 0. The van der Waals surface area contributed by atoms with Gasteiger partial charge in [-0.25, -0.2) is 0 Å². The van der Waals surface area contributed by atoms with E-state index in [1.165, 1.54) is 18.3 Å². The van der Waals surface area contributed by atoms with Gasteiger partial charge in [0.05, 0.1) is 22.3 Å². The average molecular weight is 313 g/mol. The summed E-state index contributed by atoms with van der Waals surface area (Å²) in [5, 5.41) is 12.8. The summed E-state index contributed by atoms with van der Waals surface area (Å²) in [6.45, 7) is 0. The fourth-order valence-electron chi connectivity index (χ4n) is 2.28. The molecule has 0 aliphatic carbocycles. The normalized spacial score (nSPS) is 11.2. The number of pyridine rings is 1. The number of nitrogens with one attached hydrogen (secondary N) is 1. The first-order valence-corrected chi connectivity index (χ1v) is 6.71. The highest BCUT2D eigenvalue weighted by atomic mass is 19.4. The number of anilines is 2. The van der Waals surface area contributed by atoms with Gasteiger partial charge in [-0.05, 0) is 24.3 Å². The van der Waals surface area contributed by atoms with E-state index < -0.39 is 11.7 Å². The molecule has 0 aliphatic rings. The molecule has 3 aromatic rings. The number of nitrogens with zero attached hydrogens (tertiary/aromatic N) is 2. The maximum absolute atomic E-state index is 12.8. The molecule has 1 aromatic heterocycles. The summed E-state index contributed by atoms with van der Waals surface area (Å²) in [5.41, 5.74) is 0.867. The second-order valence-corrected chi connectivity index (χ2v) is 4.88. The van der Waals surface area contributed by atoms with Crippen molar-refractivity contribution < 1.29 is 13.2 Å². The van der Waals surface area contributed by atoms with Crippen LogP contribution < -0.4 is 5.32 Å². The van der Waals surface area contributed by atoms with Crippen LogP contribution in [0.4, 0.5) is 24.5 Å². The molecule has 0 radical (unpaired) electrons. The molecule has 0 spiro atoms. The van der Waals surface area contributed by atoms with Gasteiger partial charge in [-0.3, -0.25) is 4.98 Å². The number of rotatable bonds is 2. The summed E-state index contributed by atoms with van der Waals surface area (Å²) < 4.78 is 38.4. The largest absolute Gasteiger partial charge is 0.416 e. The second kappa shape index (κ2) is 5.61. The van der Waals surface area contributed by atoms with E-state index >= 15 is 0 Å². The first-order chi connectivity index (χ1) is 11.0. The Bertz CT molecular complexity index is 911. The summed E-state index contributed by atoms with van der Waals surface area (Å²) in [4.78, 5) is 4.17. The predicted octanol–water partition coefficient (Wildman–Crippen LogP) is 4.87. The number of benzene rings is 2. The van der Waals surface area contributed by atoms with Gasteiger partial charge in [-0.2, -0.15) is 18.4 Å². The Labute approximate surface area is 130 Å². The van der Waals surface area contributed by atoms with Crippen LogP contribution in [-0.2, 0) is 6.18 Å². The molecule has 0 saturated carbocycles. The molecule has 114 valence electrons. The minimum Gasteiger partial charge on any atom is -0.354 e. The van der Waals surface area contributed by atoms with Crippen molar-refractivity contribution in [3.05, 3.63) is 65.9 Å². The molecule has 0 saturated heterocycles. The van der Waals surface area contributed by atoms with E-state index in [1.807, 2.05) is 6.07 Å². The topological polar surface area (TPSA) is 48.7 Å². The van der Waals surface area contributed by atoms with Gasteiger partial charge in [-0.1, -0.05) is 24.3 Å². The maximum Gasteiger partial charge on any atom is 0.416 e. The quantitative estimate of drug-likeness (QED) is 0.734. The van der Waals surface area contributed by atoms with Crippen LogP contribution in [0.25, 0.3) is 10.9 Å². The van der Waals surface area contributed by atoms with Gasteiger partial charge < -0.3 is 5.32 Å². The predicted molar refractivity (Wildman–Crippen MR) is 81.2 cm³/mol. The monoisotopic (exact) mass is 313 g/mol. The van der Waals surface area contributed by atoms with Crippen LogP contribution in [0.2, 0.25) is 0 Å². The standard InChI is InChI=1S/C17H10F3N3/c18-17(19,20)12-4-3-5-13(8-12)23-16-11(9-21)10-22-15-7-2-1-6-14(15)16/h1-8,10H,(H,22,23). The lowest BCUT2D eigenvalue weighted by Crippen LogP contribution is -2.05. The molecule has 0 fully saturated rings. The Morgan fingerprint density at radius 2 is 1.83 bits per heavy atom. The molecule has 0 atom stereocenters. The molecule has 3 rings (SSSR count). The number of hydrogen-bond donors (Lipinski definition) is 1. The van der Waals surface area contributed by atoms with Crippen LogP contribution in [0, 0.1) is 11.3 Å². The highest BCUT2D eigenvalue weighted by molar-refractivity contribution is 5.95. The van der Waals surface area contributed by atoms with Crippen LogP contribution in [0.15, 0.2) is 54.7 Å². The third-order valence-electron chi connectivity index (χ3n) is 3.36. The molecule has 23 heavy (non-hydrogen) atoms. The summed E-state index contributed by atoms with van der Waals surface area (Å²) >= 11 is 0. The molecule has 0 bridgehead atoms. The van der Waals surface area contributed by atoms with Crippen molar-refractivity contribution in [2.24, 2.45) is 0 Å². The van der Waals surface area contributed by atoms with Crippen molar-refractivity contribution in [3.63, 3.8) is 0 Å². The smallest absolute Gasteiger partial charge is 0.354 e. The molecule has 1 N–H and O–H groups in total. The first-order valence-electron chi connectivity index (χ1n) is 6.71. The minimum absolute atomic E-state index is 0.257. The molecule has 1 heterocycles. The first kappa shape index (κ1) is 14.9. The zero-order valence-electron chi connectivity index (χ0n) is 11.7. The number of hydrogen-bond acceptors (Lipinski definition) is 3. The minimum atomic E-state index is -4.42. The number of alkyl halides is 3. The SMILES string of the molecule is N#Cc1cnc2ccccc2c1Nc1cccc(C(F)(F)F)c1. The van der Waals surface area contributed by atoms with Gasteiger partial charge >= 0.3 is 6.18 Å². The lowest BCUT2D eigenvalue weighted by molar-refractivity contribution is -0.137. The molecular weight excluding hydrogens is 303 g/mol. The van der Waals surface area contributed by atoms with Crippen molar-refractivity contribution in [3.8, 4) is 6.07 Å². The number of aromatic nitrogens is 1. The van der Waals surface area contributed by atoms with Crippen LogP contribution in [0.1, 0.15) is 11.1 Å². The Morgan fingerprint density at radius 3 is 2.57 bits per heavy atom. The lowest BCUT2D eigenvalue weighted by Gasteiger charge is -2.13. The Hall–Kier alpha value is -3.07. The van der Waals surface area contributed by atoms with Gasteiger partial charge in [0.15, 0.2) is 0 Å². The van der Waals surface area contributed by atoms with Crippen LogP contribution >= 0.6 is 0 Å². The van der Waals surface area contributed by atoms with Gasteiger partial charge in [0.25, 0.3) is 0 Å². The maximum atomic E-state index is 12.8. The highest BCUT2D eigenvalue weighted by Crippen LogP contribution is 2.33. The molecule has 0 unspecified atom stereocenters. The van der Waals surface area contributed by atoms with E-state index in [0.29, 0.717) is 16.6 Å². The van der Waals surface area contributed by atoms with E-state index in [0.717, 1.165) is 12.1 Å². The van der Waals surface area contributed by atoms with Gasteiger partial charge in [0, 0.05) is 17.3 Å². The number of halogens is 3. The summed E-state index contributed by atoms with van der Waals surface area (Å²) in [6, 6.07) is 14.0. The Balaban J connectivity index is 2.10. The lowest BCUT2D eigenvalue weighted by atomic mass is 10.1. The zero-order chi connectivity index (χ0) is 16.4. The fraction of sp³-hybridized carbons (Fsp3) is 0.0588. The Morgan fingerprint density at radius 1 is 1.04 bits per heavy atom. The molecule has 0 aliphatic heterocycles. The second-order valence-electron chi connectivity index (χ2n) is 4.88. The van der Waals surface area contributed by atoms with E-state index in [-0.39, 0.29) is 11.3 Å². The van der Waals surface area contributed by atoms with Crippen molar-refractivity contribution >= 4 is 22.3 Å². The number of nitriles is 1. The molecular formula is C17H10F3N3. The van der Waals surface area contributed by atoms with Crippen LogP contribution in [0.3, 0.4) is 0 Å². The number of para-hydroxylation sites is 1. The Kier molecular flexibility index (Phi) is 3.62. The van der Waals surface area contributed by atoms with Crippen LogP contribution in [-0.4, -0.2) is 4.98 Å². The fourth-order valence-corrected chi connectivity index (χ4v) is 2.28. The van der Waals surface area contributed by atoms with Gasteiger partial charge in [-0.15, -0.1) is 0 Å². The molecule has 0 amide bonds. The number of fused-ring (bicyclic) bond motifs is 1. The zero-order valence-corrected chi connectivity index (χ0v) is 11.7. The van der Waals surface area contributed by atoms with Gasteiger partial charge in [0.1, 0.15) is 6.07 Å². The van der Waals surface area contributed by atoms with E-state index in [4.69, 9.17) is 0 Å². The van der Waals surface area contributed by atoms with Crippen LogP contribution in [0.5, 0.6) is 0 Å². The van der Waals surface area contributed by atoms with Crippen molar-refractivity contribution in [2.45, 2.75) is 6.18 Å². The summed E-state index contributed by atoms with van der Waals surface area (Å²) in [7, 11) is 0. The molecule has 3 nitrogen and oxygen atoms in total. The van der Waals surface area contributed by atoms with E-state index in [2.05, 4.69) is 10.3 Å².